The number of amides is 1. The number of hydrogen-bond donors (Lipinski definition) is 4. The normalized spacial score (nSPS) is 11.5. The number of rotatable bonds is 9. The average Bonchev–Trinajstić information content (AvgIpc) is 3.11. The number of nitrogens with zero attached hydrogens (tertiary/aromatic N) is 1. The highest BCUT2D eigenvalue weighted by Gasteiger charge is 2.08. The fraction of sp³-hybridized carbons (Fsp3) is 0.238. The van der Waals surface area contributed by atoms with Crippen molar-refractivity contribution in [1.29, 1.82) is 0 Å². The molecule has 1 amide bonds. The van der Waals surface area contributed by atoms with Crippen LogP contribution < -0.4 is 16.4 Å². The lowest BCUT2D eigenvalue weighted by atomic mass is 10.1. The molecular weight excluding hydrogens is 452 g/mol. The van der Waals surface area contributed by atoms with E-state index >= 15 is 0 Å². The van der Waals surface area contributed by atoms with Gasteiger partial charge < -0.3 is 21.5 Å². The molecule has 0 fully saturated rings. The van der Waals surface area contributed by atoms with Crippen molar-refractivity contribution in [2.45, 2.75) is 18.9 Å². The summed E-state index contributed by atoms with van der Waals surface area (Å²) >= 11 is 1.33. The molecule has 0 aliphatic heterocycles. The number of thiazole rings is 1. The second kappa shape index (κ2) is 11.7. The molecule has 0 spiro atoms. The van der Waals surface area contributed by atoms with E-state index in [9.17, 15) is 9.90 Å². The monoisotopic (exact) mass is 476 g/mol. The maximum absolute atomic E-state index is 12.0. The lowest BCUT2D eigenvalue weighted by Gasteiger charge is -2.12. The first-order chi connectivity index (χ1) is 13.6. The molecule has 1 atom stereocenters. The second-order valence-electron chi connectivity index (χ2n) is 6.48. The molecule has 1 aromatic heterocycles. The van der Waals surface area contributed by atoms with Gasteiger partial charge in [-0.1, -0.05) is 42.5 Å². The second-order valence-corrected chi connectivity index (χ2v) is 7.37. The molecule has 2 aromatic carbocycles. The maximum Gasteiger partial charge on any atom is 0.230 e. The van der Waals surface area contributed by atoms with E-state index < -0.39 is 6.10 Å². The summed E-state index contributed by atoms with van der Waals surface area (Å²) in [4.78, 5) is 16.1. The van der Waals surface area contributed by atoms with Crippen LogP contribution in [-0.2, 0) is 17.6 Å². The van der Waals surface area contributed by atoms with Gasteiger partial charge in [0.25, 0.3) is 0 Å². The number of benzene rings is 2. The first kappa shape index (κ1) is 23.0. The molecule has 5 N–H and O–H groups in total. The Kier molecular flexibility index (Phi) is 9.27. The van der Waals surface area contributed by atoms with Crippen molar-refractivity contribution in [2.75, 3.05) is 24.1 Å². The maximum atomic E-state index is 12.0. The molecule has 0 aliphatic rings. The number of carbonyl (C=O) groups is 1. The van der Waals surface area contributed by atoms with E-state index in [0.717, 1.165) is 29.8 Å². The summed E-state index contributed by atoms with van der Waals surface area (Å²) in [5.41, 5.74) is 9.08. The fourth-order valence-corrected chi connectivity index (χ4v) is 3.36. The Bertz CT molecular complexity index is 887. The summed E-state index contributed by atoms with van der Waals surface area (Å²) in [5.74, 6) is -0.116. The lowest BCUT2D eigenvalue weighted by Crippen LogP contribution is -2.23. The van der Waals surface area contributed by atoms with E-state index in [0.29, 0.717) is 17.4 Å². The molecule has 29 heavy (non-hydrogen) atoms. The summed E-state index contributed by atoms with van der Waals surface area (Å²) in [5, 5.41) is 18.5. The standard InChI is InChI=1S/C21H24N4O2S.BrH/c22-21-25-18(14-28-21)12-20(27)24-17-8-6-15(7-9-17)10-11-23-13-19(26)16-4-2-1-3-5-16;/h1-9,14,19,23,26H,10-13H2,(H2,22,25)(H,24,27);1H/t19-;/m1./s1. The van der Waals surface area contributed by atoms with E-state index in [4.69, 9.17) is 5.73 Å². The van der Waals surface area contributed by atoms with Crippen molar-refractivity contribution in [3.63, 3.8) is 0 Å². The summed E-state index contributed by atoms with van der Waals surface area (Å²) in [6, 6.07) is 17.4. The first-order valence-corrected chi connectivity index (χ1v) is 10.0. The van der Waals surface area contributed by atoms with E-state index in [-0.39, 0.29) is 29.3 Å². The number of carbonyl (C=O) groups excluding carboxylic acids is 1. The molecule has 154 valence electrons. The highest BCUT2D eigenvalue weighted by atomic mass is 79.9. The third-order valence-electron chi connectivity index (χ3n) is 4.26. The Morgan fingerprint density at radius 3 is 2.52 bits per heavy atom. The lowest BCUT2D eigenvalue weighted by molar-refractivity contribution is -0.115. The van der Waals surface area contributed by atoms with Crippen LogP contribution in [0.1, 0.15) is 22.9 Å². The Morgan fingerprint density at radius 2 is 1.86 bits per heavy atom. The fourth-order valence-electron chi connectivity index (χ4n) is 2.79. The number of nitrogens with two attached hydrogens (primary N) is 1. The van der Waals surface area contributed by atoms with Gasteiger partial charge in [-0.2, -0.15) is 0 Å². The highest BCUT2D eigenvalue weighted by Crippen LogP contribution is 2.14. The molecule has 6 nitrogen and oxygen atoms in total. The van der Waals surface area contributed by atoms with Gasteiger partial charge in [-0.3, -0.25) is 4.79 Å². The van der Waals surface area contributed by atoms with E-state index in [1.807, 2.05) is 54.6 Å². The summed E-state index contributed by atoms with van der Waals surface area (Å²) < 4.78 is 0. The number of aliphatic hydroxyl groups excluding tert-OH is 1. The Labute approximate surface area is 185 Å². The molecule has 0 bridgehead atoms. The topological polar surface area (TPSA) is 100 Å². The Balaban J connectivity index is 0.00000300. The largest absolute Gasteiger partial charge is 0.387 e. The zero-order valence-electron chi connectivity index (χ0n) is 15.9. The SMILES string of the molecule is Br.Nc1nc(CC(=O)Nc2ccc(CCNC[C@@H](O)c3ccccc3)cc2)cs1. The van der Waals surface area contributed by atoms with Crippen molar-refractivity contribution >= 4 is 45.0 Å². The van der Waals surface area contributed by atoms with Crippen LogP contribution in [0.15, 0.2) is 60.0 Å². The van der Waals surface area contributed by atoms with Gasteiger partial charge in [-0.25, -0.2) is 4.98 Å². The van der Waals surface area contributed by atoms with Crippen molar-refractivity contribution in [3.8, 4) is 0 Å². The zero-order valence-corrected chi connectivity index (χ0v) is 18.4. The molecule has 0 aliphatic carbocycles. The zero-order chi connectivity index (χ0) is 19.8. The summed E-state index contributed by atoms with van der Waals surface area (Å²) in [7, 11) is 0. The van der Waals surface area contributed by atoms with E-state index in [2.05, 4.69) is 15.6 Å². The van der Waals surface area contributed by atoms with Crippen molar-refractivity contribution in [2.24, 2.45) is 0 Å². The van der Waals surface area contributed by atoms with Crippen LogP contribution in [0.2, 0.25) is 0 Å². The van der Waals surface area contributed by atoms with E-state index in [1.165, 1.54) is 11.3 Å². The third-order valence-corrected chi connectivity index (χ3v) is 4.98. The molecule has 3 aromatic rings. The Morgan fingerprint density at radius 1 is 1.14 bits per heavy atom. The molecular formula is C21H25BrN4O2S. The van der Waals surface area contributed by atoms with Crippen LogP contribution in [0.3, 0.4) is 0 Å². The van der Waals surface area contributed by atoms with Gasteiger partial charge in [0.15, 0.2) is 5.13 Å². The van der Waals surface area contributed by atoms with Crippen LogP contribution in [0.4, 0.5) is 10.8 Å². The van der Waals surface area contributed by atoms with Gasteiger partial charge in [-0.15, -0.1) is 28.3 Å². The number of aromatic nitrogens is 1. The number of halogens is 1. The average molecular weight is 477 g/mol. The van der Waals surface area contributed by atoms with Crippen LogP contribution in [0.5, 0.6) is 0 Å². The van der Waals surface area contributed by atoms with Gasteiger partial charge in [0, 0.05) is 17.6 Å². The molecule has 0 unspecified atom stereocenters. The quantitative estimate of drug-likeness (QED) is 0.354. The van der Waals surface area contributed by atoms with E-state index in [1.54, 1.807) is 5.38 Å². The van der Waals surface area contributed by atoms with Gasteiger partial charge in [-0.05, 0) is 36.2 Å². The van der Waals surface area contributed by atoms with Crippen molar-refractivity contribution < 1.29 is 9.90 Å². The van der Waals surface area contributed by atoms with Crippen molar-refractivity contribution in [1.82, 2.24) is 10.3 Å². The third kappa shape index (κ3) is 7.58. The number of aliphatic hydroxyl groups is 1. The smallest absolute Gasteiger partial charge is 0.230 e. The molecule has 0 radical (unpaired) electrons. The molecule has 8 heteroatoms. The molecule has 3 rings (SSSR count). The summed E-state index contributed by atoms with van der Waals surface area (Å²) in [6.45, 7) is 1.28. The molecule has 0 saturated carbocycles. The van der Waals surface area contributed by atoms with Crippen molar-refractivity contribution in [3.05, 3.63) is 76.8 Å². The minimum Gasteiger partial charge on any atom is -0.387 e. The number of hydrogen-bond acceptors (Lipinski definition) is 6. The number of nitrogen functional groups attached to an aromatic ring is 1. The van der Waals surface area contributed by atoms with Crippen LogP contribution >= 0.6 is 28.3 Å². The van der Waals surface area contributed by atoms with Crippen LogP contribution in [0, 0.1) is 0 Å². The molecule has 0 saturated heterocycles. The van der Waals surface area contributed by atoms with Gasteiger partial charge in [0.05, 0.1) is 18.2 Å². The minimum atomic E-state index is -0.508. The Hall–Kier alpha value is -2.26. The van der Waals surface area contributed by atoms with Gasteiger partial charge >= 0.3 is 0 Å². The van der Waals surface area contributed by atoms with Gasteiger partial charge in [0.2, 0.25) is 5.91 Å². The van der Waals surface area contributed by atoms with Crippen LogP contribution in [-0.4, -0.2) is 29.1 Å². The highest BCUT2D eigenvalue weighted by molar-refractivity contribution is 8.93. The predicted molar refractivity (Wildman–Crippen MR) is 124 cm³/mol. The number of anilines is 2. The first-order valence-electron chi connectivity index (χ1n) is 9.12. The van der Waals surface area contributed by atoms with Crippen LogP contribution in [0.25, 0.3) is 0 Å². The predicted octanol–water partition coefficient (Wildman–Crippen LogP) is 3.35. The summed E-state index contributed by atoms with van der Waals surface area (Å²) in [6.07, 6.45) is 0.545. The minimum absolute atomic E-state index is 0. The van der Waals surface area contributed by atoms with Gasteiger partial charge in [0.1, 0.15) is 0 Å². The number of nitrogens with one attached hydrogen (secondary N) is 2. The molecule has 1 heterocycles.